The van der Waals surface area contributed by atoms with E-state index in [2.05, 4.69) is 113 Å². The van der Waals surface area contributed by atoms with Gasteiger partial charge in [-0.1, -0.05) is 200 Å². The molecule has 3 saturated heterocycles. The van der Waals surface area contributed by atoms with Crippen LogP contribution in [0.5, 0.6) is 0 Å². The molecule has 3 aromatic carbocycles. The van der Waals surface area contributed by atoms with Crippen LogP contribution in [0.15, 0.2) is 103 Å². The van der Waals surface area contributed by atoms with Crippen LogP contribution < -0.4 is 5.73 Å². The highest BCUT2D eigenvalue weighted by molar-refractivity contribution is 6.73. The van der Waals surface area contributed by atoms with Crippen molar-refractivity contribution in [1.82, 2.24) is 0 Å². The van der Waals surface area contributed by atoms with E-state index in [-0.39, 0.29) is 70.6 Å². The normalized spacial score (nSPS) is 39.7. The summed E-state index contributed by atoms with van der Waals surface area (Å²) in [6.07, 6.45) is 5.89. The zero-order valence-electron chi connectivity index (χ0n) is 61.3. The highest BCUT2D eigenvalue weighted by Crippen LogP contribution is 2.75. The third-order valence-corrected chi connectivity index (χ3v) is 31.8. The molecule has 12 unspecified atom stereocenters. The van der Waals surface area contributed by atoms with Crippen LogP contribution in [0.2, 0.25) is 18.1 Å². The number of aliphatic hydroxyl groups excluding tert-OH is 1. The Kier molecular flexibility index (Phi) is 23.3. The molecule has 5 aliphatic carbocycles. The highest BCUT2D eigenvalue weighted by atomic mass is 28.4. The Bertz CT molecular complexity index is 3020. The van der Waals surface area contributed by atoms with Crippen LogP contribution in [0.1, 0.15) is 191 Å². The summed E-state index contributed by atoms with van der Waals surface area (Å²) >= 11 is 0. The van der Waals surface area contributed by atoms with E-state index in [4.69, 9.17) is 57.5 Å². The predicted molar refractivity (Wildman–Crippen MR) is 377 cm³/mol. The fraction of sp³-hybridized carbons (Fsp3) is 0.741. The quantitative estimate of drug-likeness (QED) is 0.0337. The van der Waals surface area contributed by atoms with Crippen molar-refractivity contribution < 1.29 is 61.7 Å². The molecule has 14 nitrogen and oxygen atoms in total. The SMILES string of the molecule is CC[C@@]1(C)OC([C@@H](CO[C@@H]2OC[C@@H](OCc3ccccc3)C(C)C2OCc2ccccc2)C(C)C)C([C@@H](O)OC2C(C)[C@@H](N)[C@@H](COCc3ccccc3)O[C@H]2OC(=O)C23CCC(C)(C)CC2C2=CCC4C5(C)CC[C@H](O[Si](CC)(CC)CC)C(C)[C@@H]5CC[C@]4(C)C2(C)CC3)O1. The molecular formula is C81H123NO13Si. The number of ether oxygens (including phenoxy) is 10. The molecule has 0 radical (unpaired) electrons. The molecule has 4 saturated carbocycles. The van der Waals surface area contributed by atoms with Crippen molar-refractivity contribution in [2.24, 2.45) is 80.2 Å². The number of esters is 1. The van der Waals surface area contributed by atoms with Gasteiger partial charge in [-0.05, 0) is 164 Å². The molecule has 3 aromatic rings. The van der Waals surface area contributed by atoms with Gasteiger partial charge in [0.05, 0.1) is 57.3 Å². The number of rotatable bonds is 26. The van der Waals surface area contributed by atoms with E-state index in [1.165, 1.54) is 43.0 Å². The second kappa shape index (κ2) is 30.3. The van der Waals surface area contributed by atoms with Gasteiger partial charge in [0.1, 0.15) is 24.4 Å². The van der Waals surface area contributed by atoms with Gasteiger partial charge >= 0.3 is 5.97 Å². The number of carbonyl (C=O) groups excluding carboxylic acids is 1. The molecule has 7 fully saturated rings. The number of nitrogens with two attached hydrogens (primary N) is 1. The Morgan fingerprint density at radius 2 is 1.30 bits per heavy atom. The topological polar surface area (TPSA) is 165 Å². The van der Waals surface area contributed by atoms with Crippen molar-refractivity contribution in [3.63, 3.8) is 0 Å². The fourth-order valence-electron chi connectivity index (χ4n) is 19.9. The number of benzene rings is 3. The van der Waals surface area contributed by atoms with Gasteiger partial charge in [-0.3, -0.25) is 4.79 Å². The lowest BCUT2D eigenvalue weighted by atomic mass is 9.34. The molecule has 96 heavy (non-hydrogen) atoms. The summed E-state index contributed by atoms with van der Waals surface area (Å²) in [5.74, 6) is -0.526. The van der Waals surface area contributed by atoms with E-state index in [0.717, 1.165) is 55.2 Å². The first-order chi connectivity index (χ1) is 45.8. The van der Waals surface area contributed by atoms with E-state index in [1.54, 1.807) is 0 Å². The van der Waals surface area contributed by atoms with Crippen LogP contribution in [0.3, 0.4) is 0 Å². The molecule has 3 aliphatic heterocycles. The molecule has 23 atom stereocenters. The third-order valence-electron chi connectivity index (χ3n) is 27.1. The number of allylic oxidation sites excluding steroid dienone is 2. The average Bonchev–Trinajstić information content (AvgIpc) is 0.750. The molecule has 11 rings (SSSR count). The van der Waals surface area contributed by atoms with Gasteiger partial charge in [0.2, 0.25) is 6.29 Å². The average molecular weight is 1350 g/mol. The number of hydrogen-bond donors (Lipinski definition) is 2. The van der Waals surface area contributed by atoms with E-state index >= 15 is 4.79 Å². The summed E-state index contributed by atoms with van der Waals surface area (Å²) in [6, 6.07) is 33.3. The summed E-state index contributed by atoms with van der Waals surface area (Å²) in [5.41, 5.74) is 11.3. The molecule has 8 aliphatic rings. The Balaban J connectivity index is 0.845. The first kappa shape index (κ1) is 73.8. The van der Waals surface area contributed by atoms with Crippen LogP contribution in [-0.2, 0) is 76.4 Å². The van der Waals surface area contributed by atoms with Gasteiger partial charge in [0.25, 0.3) is 0 Å². The molecule has 0 bridgehead atoms. The lowest BCUT2D eigenvalue weighted by molar-refractivity contribution is -0.312. The fourth-order valence-corrected chi connectivity index (χ4v) is 22.9. The lowest BCUT2D eigenvalue weighted by Gasteiger charge is -2.70. The molecule has 0 amide bonds. The van der Waals surface area contributed by atoms with Gasteiger partial charge < -0.3 is 62.6 Å². The van der Waals surface area contributed by atoms with Crippen LogP contribution in [0.4, 0.5) is 0 Å². The van der Waals surface area contributed by atoms with E-state index in [9.17, 15) is 5.11 Å². The van der Waals surface area contributed by atoms with E-state index in [0.29, 0.717) is 63.1 Å². The van der Waals surface area contributed by atoms with Gasteiger partial charge in [0.15, 0.2) is 26.7 Å². The first-order valence-corrected chi connectivity index (χ1v) is 40.2. The third kappa shape index (κ3) is 14.7. The van der Waals surface area contributed by atoms with Gasteiger partial charge in [-0.25, -0.2) is 0 Å². The summed E-state index contributed by atoms with van der Waals surface area (Å²) in [5, 5.41) is 12.9. The van der Waals surface area contributed by atoms with Crippen molar-refractivity contribution in [2.75, 3.05) is 19.8 Å². The minimum Gasteiger partial charge on any atom is -0.432 e. The number of carbonyl (C=O) groups is 1. The summed E-state index contributed by atoms with van der Waals surface area (Å²) in [7, 11) is -1.77. The Morgan fingerprint density at radius 3 is 1.93 bits per heavy atom. The van der Waals surface area contributed by atoms with Crippen LogP contribution in [0.25, 0.3) is 0 Å². The maximum Gasteiger partial charge on any atom is 0.315 e. The minimum atomic E-state index is -1.77. The predicted octanol–water partition coefficient (Wildman–Crippen LogP) is 16.3. The lowest BCUT2D eigenvalue weighted by Crippen LogP contribution is -2.65. The van der Waals surface area contributed by atoms with Gasteiger partial charge in [0, 0.05) is 29.9 Å². The van der Waals surface area contributed by atoms with Crippen LogP contribution in [0, 0.1) is 74.4 Å². The van der Waals surface area contributed by atoms with Crippen molar-refractivity contribution in [1.29, 1.82) is 0 Å². The highest BCUT2D eigenvalue weighted by Gasteiger charge is 2.69. The minimum absolute atomic E-state index is 0.0106. The smallest absolute Gasteiger partial charge is 0.315 e. The van der Waals surface area contributed by atoms with E-state index in [1.807, 2.05) is 87.5 Å². The second-order valence-corrected chi connectivity index (χ2v) is 37.9. The van der Waals surface area contributed by atoms with Crippen molar-refractivity contribution in [2.45, 2.75) is 286 Å². The van der Waals surface area contributed by atoms with Crippen LogP contribution in [-0.4, -0.2) is 113 Å². The summed E-state index contributed by atoms with van der Waals surface area (Å²) in [4.78, 5) is 16.2. The number of aliphatic hydroxyl groups is 1. The van der Waals surface area contributed by atoms with Crippen LogP contribution >= 0.6 is 0 Å². The Labute approximate surface area is 578 Å². The largest absolute Gasteiger partial charge is 0.432 e. The van der Waals surface area contributed by atoms with Crippen molar-refractivity contribution in [3.8, 4) is 0 Å². The Hall–Kier alpha value is -3.39. The molecule has 3 N–H and O–H groups in total. The first-order valence-electron chi connectivity index (χ1n) is 37.7. The maximum absolute atomic E-state index is 16.2. The monoisotopic (exact) mass is 1350 g/mol. The molecule has 3 heterocycles. The number of fused-ring (bicyclic) bond motifs is 7. The Morgan fingerprint density at radius 1 is 0.688 bits per heavy atom. The molecular weight excluding hydrogens is 1220 g/mol. The van der Waals surface area contributed by atoms with Crippen molar-refractivity contribution >= 4 is 14.3 Å². The van der Waals surface area contributed by atoms with Gasteiger partial charge in [-0.15, -0.1) is 0 Å². The maximum atomic E-state index is 16.2. The standard InChI is InChI=1S/C81H123NO13Si/c1-16-80(15)93-70(59(52(5)6)49-88-73-68(87-48-58-33-27-22-28-34-58)54(8)64(51-89-73)86-47-57-31-25-21-26-32-57)71(94-80)72(83)91-69-55(9)67(82)65(50-85-46-56-29-23-20-24-30-56)90-74(69)92-75(84)81-43-41-76(10,11)45-62(81)61-35-36-66-77(12)39-38-63(95-96(17-2,18-3)19-4)53(7)60(77)37-40-79(66,14)78(61,13)42-44-81/h20-35,52-55,59-60,62-74,83H,16-19,36-51,82H2,1-15H3/t53?,54?,55?,59-,60-,62?,63-,64+,65+,66?,67+,68?,69?,70?,71?,72-,73+,74-,77?,78?,79-,80-,81?/m0/s1. The zero-order chi connectivity index (χ0) is 68.6. The second-order valence-electron chi connectivity index (χ2n) is 33.2. The summed E-state index contributed by atoms with van der Waals surface area (Å²) < 4.78 is 75.5. The molecule has 15 heteroatoms. The molecule has 0 aromatic heterocycles. The number of hydrogen-bond acceptors (Lipinski definition) is 14. The van der Waals surface area contributed by atoms with Gasteiger partial charge in [-0.2, -0.15) is 0 Å². The molecule has 534 valence electrons. The van der Waals surface area contributed by atoms with E-state index < -0.39 is 80.9 Å². The van der Waals surface area contributed by atoms with Crippen molar-refractivity contribution in [3.05, 3.63) is 119 Å². The molecule has 0 spiro atoms. The zero-order valence-corrected chi connectivity index (χ0v) is 62.3. The summed E-state index contributed by atoms with van der Waals surface area (Å²) in [6.45, 7) is 36.5.